The predicted octanol–water partition coefficient (Wildman–Crippen LogP) is 4.04. The van der Waals surface area contributed by atoms with Crippen molar-refractivity contribution in [3.05, 3.63) is 60.4 Å². The monoisotopic (exact) mass is 367 g/mol. The van der Waals surface area contributed by atoms with Crippen LogP contribution in [0.4, 0.5) is 20.7 Å². The number of halogens is 1. The Bertz CT molecular complexity index is 937. The largest absolute Gasteiger partial charge is 0.382 e. The van der Waals surface area contributed by atoms with Gasteiger partial charge in [-0.2, -0.15) is 5.10 Å². The van der Waals surface area contributed by atoms with Crippen molar-refractivity contribution in [1.82, 2.24) is 15.1 Å². The molecule has 6 nitrogen and oxygen atoms in total. The van der Waals surface area contributed by atoms with E-state index >= 15 is 0 Å². The fourth-order valence-electron chi connectivity index (χ4n) is 2.61. The van der Waals surface area contributed by atoms with Gasteiger partial charge in [0.05, 0.1) is 0 Å². The topological polar surface area (TPSA) is 85.0 Å². The van der Waals surface area contributed by atoms with Gasteiger partial charge in [-0.05, 0) is 18.1 Å². The normalized spacial score (nSPS) is 10.8. The minimum absolute atomic E-state index is 0.152. The van der Waals surface area contributed by atoms with Crippen LogP contribution in [0.3, 0.4) is 0 Å². The van der Waals surface area contributed by atoms with Crippen molar-refractivity contribution in [2.45, 2.75) is 13.8 Å². The van der Waals surface area contributed by atoms with Gasteiger partial charge in [0.2, 0.25) is 0 Å². The first-order valence-electron chi connectivity index (χ1n) is 8.71. The molecule has 0 aliphatic rings. The maximum atomic E-state index is 14.3. The Labute approximate surface area is 157 Å². The Balaban J connectivity index is 2.05. The number of hydrogen-bond acceptors (Lipinski definition) is 3. The maximum absolute atomic E-state index is 14.3. The van der Waals surface area contributed by atoms with E-state index in [1.54, 1.807) is 18.2 Å². The first-order chi connectivity index (χ1) is 13.0. The van der Waals surface area contributed by atoms with Gasteiger partial charge >= 0.3 is 6.03 Å². The zero-order valence-electron chi connectivity index (χ0n) is 15.2. The van der Waals surface area contributed by atoms with Gasteiger partial charge in [0.1, 0.15) is 22.9 Å². The number of nitrogen functional groups attached to an aromatic ring is 1. The minimum atomic E-state index is -0.456. The summed E-state index contributed by atoms with van der Waals surface area (Å²) in [5.41, 5.74) is 8.02. The van der Waals surface area contributed by atoms with E-state index in [1.807, 2.05) is 44.2 Å². The fraction of sp³-hybridized carbons (Fsp3) is 0.200. The van der Waals surface area contributed by atoms with Crippen molar-refractivity contribution in [1.29, 1.82) is 0 Å². The van der Waals surface area contributed by atoms with Crippen molar-refractivity contribution in [2.75, 3.05) is 17.6 Å². The number of nitrogens with one attached hydrogen (secondary N) is 2. The van der Waals surface area contributed by atoms with Gasteiger partial charge in [0.25, 0.3) is 0 Å². The second-order valence-electron chi connectivity index (χ2n) is 6.57. The number of amides is 2. The SMILES string of the molecule is CC(C)CNC(=O)Nc1c(-c2ccccc2)nn(-c2ccccc2F)c1N. The van der Waals surface area contributed by atoms with E-state index in [4.69, 9.17) is 5.73 Å². The van der Waals surface area contributed by atoms with Crippen LogP contribution in [0.15, 0.2) is 54.6 Å². The molecule has 0 spiro atoms. The number of rotatable bonds is 5. The quantitative estimate of drug-likeness (QED) is 0.636. The second-order valence-corrected chi connectivity index (χ2v) is 6.57. The standard InChI is InChI=1S/C20H22FN5O/c1-13(2)12-23-20(27)24-18-17(14-8-4-3-5-9-14)25-26(19(18)22)16-11-7-6-10-15(16)21/h3-11,13H,12,22H2,1-2H3,(H2,23,24,27). The van der Waals surface area contributed by atoms with Crippen LogP contribution < -0.4 is 16.4 Å². The van der Waals surface area contributed by atoms with Crippen LogP contribution in [0.1, 0.15) is 13.8 Å². The lowest BCUT2D eigenvalue weighted by molar-refractivity contribution is 0.251. The summed E-state index contributed by atoms with van der Waals surface area (Å²) in [6.07, 6.45) is 0. The lowest BCUT2D eigenvalue weighted by atomic mass is 10.1. The molecule has 0 saturated heterocycles. The fourth-order valence-corrected chi connectivity index (χ4v) is 2.61. The van der Waals surface area contributed by atoms with Crippen LogP contribution in [0, 0.1) is 11.7 Å². The van der Waals surface area contributed by atoms with Crippen LogP contribution in [0.2, 0.25) is 0 Å². The first kappa shape index (κ1) is 18.4. The molecule has 0 saturated carbocycles. The van der Waals surface area contributed by atoms with Crippen molar-refractivity contribution in [3.8, 4) is 16.9 Å². The number of urea groups is 1. The molecule has 1 heterocycles. The number of benzene rings is 2. The highest BCUT2D eigenvalue weighted by Gasteiger charge is 2.21. The lowest BCUT2D eigenvalue weighted by Gasteiger charge is -2.10. The van der Waals surface area contributed by atoms with E-state index in [9.17, 15) is 9.18 Å². The lowest BCUT2D eigenvalue weighted by Crippen LogP contribution is -2.32. The van der Waals surface area contributed by atoms with Crippen LogP contribution >= 0.6 is 0 Å². The number of para-hydroxylation sites is 1. The van der Waals surface area contributed by atoms with Crippen molar-refractivity contribution >= 4 is 17.5 Å². The van der Waals surface area contributed by atoms with Gasteiger partial charge in [-0.3, -0.25) is 0 Å². The van der Waals surface area contributed by atoms with E-state index in [0.29, 0.717) is 23.8 Å². The number of nitrogens with zero attached hydrogens (tertiary/aromatic N) is 2. The molecule has 27 heavy (non-hydrogen) atoms. The molecule has 3 rings (SSSR count). The smallest absolute Gasteiger partial charge is 0.319 e. The summed E-state index contributed by atoms with van der Waals surface area (Å²) in [6.45, 7) is 4.52. The van der Waals surface area contributed by atoms with E-state index in [1.165, 1.54) is 10.7 Å². The van der Waals surface area contributed by atoms with Gasteiger partial charge in [-0.25, -0.2) is 13.9 Å². The number of nitrogens with two attached hydrogens (primary N) is 1. The van der Waals surface area contributed by atoms with E-state index in [-0.39, 0.29) is 17.5 Å². The highest BCUT2D eigenvalue weighted by Crippen LogP contribution is 2.34. The third-order valence-corrected chi connectivity index (χ3v) is 3.96. The minimum Gasteiger partial charge on any atom is -0.382 e. The molecule has 7 heteroatoms. The van der Waals surface area contributed by atoms with Gasteiger partial charge in [-0.15, -0.1) is 0 Å². The van der Waals surface area contributed by atoms with Crippen LogP contribution in [-0.4, -0.2) is 22.4 Å². The molecule has 0 fully saturated rings. The summed E-state index contributed by atoms with van der Waals surface area (Å²) >= 11 is 0. The molecule has 140 valence electrons. The first-order valence-corrected chi connectivity index (χ1v) is 8.71. The number of carbonyl (C=O) groups is 1. The zero-order chi connectivity index (χ0) is 19.4. The van der Waals surface area contributed by atoms with Gasteiger partial charge in [0.15, 0.2) is 5.82 Å². The molecule has 0 radical (unpaired) electrons. The van der Waals surface area contributed by atoms with Crippen molar-refractivity contribution < 1.29 is 9.18 Å². The Morgan fingerprint density at radius 2 is 1.81 bits per heavy atom. The molecule has 2 amide bonds. The summed E-state index contributed by atoms with van der Waals surface area (Å²) in [7, 11) is 0. The van der Waals surface area contributed by atoms with Gasteiger partial charge < -0.3 is 16.4 Å². The molecule has 0 aliphatic carbocycles. The molecule has 0 atom stereocenters. The maximum Gasteiger partial charge on any atom is 0.319 e. The summed E-state index contributed by atoms with van der Waals surface area (Å²) < 4.78 is 15.6. The number of carbonyl (C=O) groups excluding carboxylic acids is 1. The molecule has 3 aromatic rings. The van der Waals surface area contributed by atoms with Crippen LogP contribution in [-0.2, 0) is 0 Å². The van der Waals surface area contributed by atoms with E-state index < -0.39 is 5.82 Å². The van der Waals surface area contributed by atoms with Gasteiger partial charge in [0, 0.05) is 12.1 Å². The average Bonchev–Trinajstić information content (AvgIpc) is 2.98. The predicted molar refractivity (Wildman–Crippen MR) is 105 cm³/mol. The van der Waals surface area contributed by atoms with Crippen molar-refractivity contribution in [2.24, 2.45) is 5.92 Å². The van der Waals surface area contributed by atoms with E-state index in [2.05, 4.69) is 15.7 Å². The number of anilines is 2. The van der Waals surface area contributed by atoms with Gasteiger partial charge in [-0.1, -0.05) is 56.3 Å². The Hall–Kier alpha value is -3.35. The second kappa shape index (κ2) is 7.90. The molecular weight excluding hydrogens is 345 g/mol. The van der Waals surface area contributed by atoms with Crippen molar-refractivity contribution in [3.63, 3.8) is 0 Å². The zero-order valence-corrected chi connectivity index (χ0v) is 15.2. The molecule has 0 unspecified atom stereocenters. The van der Waals surface area contributed by atoms with Crippen LogP contribution in [0.5, 0.6) is 0 Å². The Morgan fingerprint density at radius 3 is 2.48 bits per heavy atom. The average molecular weight is 367 g/mol. The summed E-state index contributed by atoms with van der Waals surface area (Å²) in [5.74, 6) is 0.00333. The molecule has 1 aromatic heterocycles. The molecule has 4 N–H and O–H groups in total. The third kappa shape index (κ3) is 4.08. The molecule has 2 aromatic carbocycles. The Morgan fingerprint density at radius 1 is 1.15 bits per heavy atom. The highest BCUT2D eigenvalue weighted by atomic mass is 19.1. The summed E-state index contributed by atoms with van der Waals surface area (Å²) in [6, 6.07) is 15.1. The summed E-state index contributed by atoms with van der Waals surface area (Å²) in [4.78, 5) is 12.3. The highest BCUT2D eigenvalue weighted by molar-refractivity contribution is 5.97. The van der Waals surface area contributed by atoms with E-state index in [0.717, 1.165) is 5.56 Å². The summed E-state index contributed by atoms with van der Waals surface area (Å²) in [5, 5.41) is 10.0. The van der Waals surface area contributed by atoms with Crippen LogP contribution in [0.25, 0.3) is 16.9 Å². The number of aromatic nitrogens is 2. The Kier molecular flexibility index (Phi) is 5.40. The third-order valence-electron chi connectivity index (χ3n) is 3.96. The molecule has 0 aliphatic heterocycles. The molecular formula is C20H22FN5O. The molecule has 0 bridgehead atoms. The number of hydrogen-bond donors (Lipinski definition) is 3.